The maximum Gasteiger partial charge on any atom is 0.248 e. The number of piperazine rings is 1. The van der Waals surface area contributed by atoms with Crippen LogP contribution in [0.3, 0.4) is 0 Å². The molecule has 0 spiro atoms. The van der Waals surface area contributed by atoms with Crippen LogP contribution >= 0.6 is 11.6 Å². The fraction of sp³-hybridized carbons (Fsp3) is 0.412. The molecule has 1 aliphatic rings. The van der Waals surface area contributed by atoms with Gasteiger partial charge in [0.05, 0.1) is 6.42 Å². The molecule has 0 saturated carbocycles. The normalized spacial score (nSPS) is 16.0. The van der Waals surface area contributed by atoms with Crippen molar-refractivity contribution in [2.45, 2.75) is 25.2 Å². The lowest BCUT2D eigenvalue weighted by atomic mass is 10.1. The highest BCUT2D eigenvalue weighted by molar-refractivity contribution is 7.89. The van der Waals surface area contributed by atoms with E-state index in [1.165, 1.54) is 4.31 Å². The Morgan fingerprint density at radius 2 is 1.77 bits per heavy atom. The molecule has 0 aliphatic carbocycles. The smallest absolute Gasteiger partial charge is 0.248 e. The van der Waals surface area contributed by atoms with Crippen molar-refractivity contribution in [3.63, 3.8) is 0 Å². The molecule has 0 unspecified atom stereocenters. The SMILES string of the molecule is Cc1noc(C)c1S(=O)(=O)N1CCN(C(=O)Cc2ccc(Cl)cc2)CC1. The predicted molar refractivity (Wildman–Crippen MR) is 96.5 cm³/mol. The summed E-state index contributed by atoms with van der Waals surface area (Å²) in [5.41, 5.74) is 1.23. The molecule has 1 amide bonds. The summed E-state index contributed by atoms with van der Waals surface area (Å²) >= 11 is 5.85. The first-order chi connectivity index (χ1) is 12.3. The van der Waals surface area contributed by atoms with Crippen molar-refractivity contribution < 1.29 is 17.7 Å². The standard InChI is InChI=1S/C17H20ClN3O4S/c1-12-17(13(2)25-19-12)26(23,24)21-9-7-20(8-10-21)16(22)11-14-3-5-15(18)6-4-14/h3-6H,7-11H2,1-2H3. The van der Waals surface area contributed by atoms with Crippen LogP contribution in [0.1, 0.15) is 17.0 Å². The molecular weight excluding hydrogens is 378 g/mol. The number of benzene rings is 1. The highest BCUT2D eigenvalue weighted by atomic mass is 35.5. The van der Waals surface area contributed by atoms with Gasteiger partial charge in [0.2, 0.25) is 15.9 Å². The maximum absolute atomic E-state index is 12.8. The van der Waals surface area contributed by atoms with E-state index in [0.29, 0.717) is 23.8 Å². The zero-order chi connectivity index (χ0) is 18.9. The molecule has 2 aromatic rings. The minimum absolute atomic E-state index is 0.0262. The van der Waals surface area contributed by atoms with Gasteiger partial charge in [-0.05, 0) is 31.5 Å². The molecule has 1 aromatic heterocycles. The number of hydrogen-bond donors (Lipinski definition) is 0. The van der Waals surface area contributed by atoms with Crippen LogP contribution in [-0.2, 0) is 21.2 Å². The van der Waals surface area contributed by atoms with Gasteiger partial charge in [-0.15, -0.1) is 0 Å². The van der Waals surface area contributed by atoms with Crippen LogP contribution in [0.15, 0.2) is 33.7 Å². The summed E-state index contributed by atoms with van der Waals surface area (Å²) in [5, 5.41) is 4.34. The fourth-order valence-corrected chi connectivity index (χ4v) is 4.88. The van der Waals surface area contributed by atoms with E-state index >= 15 is 0 Å². The third-order valence-electron chi connectivity index (χ3n) is 4.43. The Hall–Kier alpha value is -1.90. The summed E-state index contributed by atoms with van der Waals surface area (Å²) in [6.07, 6.45) is 0.272. The van der Waals surface area contributed by atoms with Crippen LogP contribution in [0.2, 0.25) is 5.02 Å². The number of carbonyl (C=O) groups is 1. The third-order valence-corrected chi connectivity index (χ3v) is 6.82. The summed E-state index contributed by atoms with van der Waals surface area (Å²) in [7, 11) is -3.67. The van der Waals surface area contributed by atoms with Crippen LogP contribution in [0.4, 0.5) is 0 Å². The Balaban J connectivity index is 1.63. The Morgan fingerprint density at radius 1 is 1.15 bits per heavy atom. The first-order valence-corrected chi connectivity index (χ1v) is 10.1. The molecule has 2 heterocycles. The van der Waals surface area contributed by atoms with E-state index in [2.05, 4.69) is 5.16 Å². The summed E-state index contributed by atoms with van der Waals surface area (Å²) in [6, 6.07) is 7.13. The van der Waals surface area contributed by atoms with E-state index in [1.807, 2.05) is 12.1 Å². The number of nitrogens with zero attached hydrogens (tertiary/aromatic N) is 3. The minimum atomic E-state index is -3.67. The average molecular weight is 398 g/mol. The number of rotatable bonds is 4. The summed E-state index contributed by atoms with van der Waals surface area (Å²) in [5.74, 6) is 0.255. The van der Waals surface area contributed by atoms with Crippen molar-refractivity contribution in [2.24, 2.45) is 0 Å². The number of sulfonamides is 1. The van der Waals surface area contributed by atoms with Gasteiger partial charge in [-0.1, -0.05) is 28.9 Å². The largest absolute Gasteiger partial charge is 0.360 e. The van der Waals surface area contributed by atoms with Crippen LogP contribution in [0.5, 0.6) is 0 Å². The van der Waals surface area contributed by atoms with Crippen LogP contribution in [-0.4, -0.2) is 54.9 Å². The zero-order valence-corrected chi connectivity index (χ0v) is 16.2. The average Bonchev–Trinajstić information content (AvgIpc) is 2.96. The van der Waals surface area contributed by atoms with Gasteiger partial charge < -0.3 is 9.42 Å². The number of aromatic nitrogens is 1. The van der Waals surface area contributed by atoms with Gasteiger partial charge >= 0.3 is 0 Å². The molecule has 26 heavy (non-hydrogen) atoms. The summed E-state index contributed by atoms with van der Waals surface area (Å²) in [4.78, 5) is 14.3. The number of aryl methyl sites for hydroxylation is 2. The molecule has 0 radical (unpaired) electrons. The monoisotopic (exact) mass is 397 g/mol. The second-order valence-corrected chi connectivity index (χ2v) is 8.55. The Morgan fingerprint density at radius 3 is 2.31 bits per heavy atom. The molecule has 0 atom stereocenters. The summed E-state index contributed by atoms with van der Waals surface area (Å²) < 4.78 is 32.0. The molecule has 1 fully saturated rings. The molecule has 1 aliphatic heterocycles. The molecule has 0 N–H and O–H groups in total. The minimum Gasteiger partial charge on any atom is -0.360 e. The van der Waals surface area contributed by atoms with Gasteiger partial charge in [0.25, 0.3) is 0 Å². The van der Waals surface area contributed by atoms with E-state index in [0.717, 1.165) is 5.56 Å². The molecule has 1 saturated heterocycles. The van der Waals surface area contributed by atoms with E-state index in [-0.39, 0.29) is 36.1 Å². The maximum atomic E-state index is 12.8. The lowest BCUT2D eigenvalue weighted by Gasteiger charge is -2.34. The number of halogens is 1. The van der Waals surface area contributed by atoms with Crippen molar-refractivity contribution in [1.82, 2.24) is 14.4 Å². The van der Waals surface area contributed by atoms with Crippen molar-refractivity contribution in [3.8, 4) is 0 Å². The van der Waals surface area contributed by atoms with Gasteiger partial charge in [-0.2, -0.15) is 4.31 Å². The number of amides is 1. The second-order valence-electron chi connectivity index (χ2n) is 6.24. The highest BCUT2D eigenvalue weighted by Crippen LogP contribution is 2.24. The molecule has 3 rings (SSSR count). The Labute approximate surface area is 157 Å². The predicted octanol–water partition coefficient (Wildman–Crippen LogP) is 2.02. The van der Waals surface area contributed by atoms with Crippen molar-refractivity contribution in [3.05, 3.63) is 46.3 Å². The van der Waals surface area contributed by atoms with Crippen LogP contribution < -0.4 is 0 Å². The van der Waals surface area contributed by atoms with Crippen molar-refractivity contribution in [1.29, 1.82) is 0 Å². The van der Waals surface area contributed by atoms with Gasteiger partial charge in [-0.3, -0.25) is 4.79 Å². The first-order valence-electron chi connectivity index (χ1n) is 8.24. The van der Waals surface area contributed by atoms with E-state index < -0.39 is 10.0 Å². The van der Waals surface area contributed by atoms with Crippen LogP contribution in [0.25, 0.3) is 0 Å². The zero-order valence-electron chi connectivity index (χ0n) is 14.6. The highest BCUT2D eigenvalue weighted by Gasteiger charge is 2.34. The van der Waals surface area contributed by atoms with E-state index in [4.69, 9.17) is 16.1 Å². The van der Waals surface area contributed by atoms with E-state index in [1.54, 1.807) is 30.9 Å². The lowest BCUT2D eigenvalue weighted by Crippen LogP contribution is -2.51. The van der Waals surface area contributed by atoms with Gasteiger partial charge in [-0.25, -0.2) is 8.42 Å². The lowest BCUT2D eigenvalue weighted by molar-refractivity contribution is -0.131. The Kier molecular flexibility index (Phi) is 5.36. The topological polar surface area (TPSA) is 83.7 Å². The molecule has 140 valence electrons. The second kappa shape index (κ2) is 7.38. The summed E-state index contributed by atoms with van der Waals surface area (Å²) in [6.45, 7) is 4.40. The molecule has 0 bridgehead atoms. The first kappa shape index (κ1) is 18.9. The van der Waals surface area contributed by atoms with Gasteiger partial charge in [0.1, 0.15) is 10.6 Å². The Bertz CT molecular complexity index is 881. The van der Waals surface area contributed by atoms with Gasteiger partial charge in [0.15, 0.2) is 5.76 Å². The molecule has 1 aromatic carbocycles. The fourth-order valence-electron chi connectivity index (χ4n) is 3.04. The molecular formula is C17H20ClN3O4S. The quantitative estimate of drug-likeness (QED) is 0.788. The number of carbonyl (C=O) groups excluding carboxylic acids is 1. The molecule has 9 heteroatoms. The van der Waals surface area contributed by atoms with Crippen LogP contribution in [0, 0.1) is 13.8 Å². The third kappa shape index (κ3) is 3.77. The van der Waals surface area contributed by atoms with Crippen molar-refractivity contribution in [2.75, 3.05) is 26.2 Å². The molecule has 7 nitrogen and oxygen atoms in total. The van der Waals surface area contributed by atoms with Gasteiger partial charge in [0, 0.05) is 31.2 Å². The van der Waals surface area contributed by atoms with Crippen molar-refractivity contribution >= 4 is 27.5 Å². The van der Waals surface area contributed by atoms with E-state index in [9.17, 15) is 13.2 Å². The number of hydrogen-bond acceptors (Lipinski definition) is 5.